The highest BCUT2D eigenvalue weighted by Crippen LogP contribution is 2.18. The smallest absolute Gasteiger partial charge is 0.341 e. The van der Waals surface area contributed by atoms with Crippen LogP contribution in [0, 0.1) is 0 Å². The second-order valence-corrected chi connectivity index (χ2v) is 7.87. The van der Waals surface area contributed by atoms with Gasteiger partial charge in [0.2, 0.25) is 10.0 Å². The van der Waals surface area contributed by atoms with E-state index in [9.17, 15) is 22.8 Å². The van der Waals surface area contributed by atoms with Gasteiger partial charge in [0.1, 0.15) is 0 Å². The van der Waals surface area contributed by atoms with E-state index in [1.54, 1.807) is 0 Å². The number of hydrogen-bond acceptors (Lipinski definition) is 6. The van der Waals surface area contributed by atoms with Crippen molar-refractivity contribution in [2.24, 2.45) is 0 Å². The van der Waals surface area contributed by atoms with Crippen molar-refractivity contribution < 1.29 is 27.5 Å². The lowest BCUT2D eigenvalue weighted by Gasteiger charge is -2.15. The quantitative estimate of drug-likeness (QED) is 0.585. The summed E-state index contributed by atoms with van der Waals surface area (Å²) in [5.41, 5.74) is 0.809. The Hall–Kier alpha value is -3.40. The van der Waals surface area contributed by atoms with Crippen molar-refractivity contribution >= 4 is 33.6 Å². The number of carbonyl (C=O) groups excluding carboxylic acids is 3. The lowest BCUT2D eigenvalue weighted by Crippen LogP contribution is -2.44. The average molecular weight is 419 g/mol. The predicted molar refractivity (Wildman–Crippen MR) is 107 cm³/mol. The number of anilines is 1. The molecule has 2 aromatic carbocycles. The van der Waals surface area contributed by atoms with Gasteiger partial charge in [0.05, 0.1) is 17.5 Å². The number of imide groups is 1. The molecule has 0 fully saturated rings. The molecule has 0 aliphatic rings. The Labute approximate surface area is 168 Å². The Balaban J connectivity index is 1.92. The zero-order valence-electron chi connectivity index (χ0n) is 15.8. The molecular weight excluding hydrogens is 398 g/mol. The summed E-state index contributed by atoms with van der Waals surface area (Å²) < 4.78 is 30.1. The first-order valence-corrected chi connectivity index (χ1v) is 10.5. The average Bonchev–Trinajstić information content (AvgIpc) is 2.66. The highest BCUT2D eigenvalue weighted by molar-refractivity contribution is 7.92. The van der Waals surface area contributed by atoms with Crippen LogP contribution in [0.25, 0.3) is 0 Å². The van der Waals surface area contributed by atoms with Gasteiger partial charge >= 0.3 is 12.0 Å². The van der Waals surface area contributed by atoms with Gasteiger partial charge in [-0.25, -0.2) is 18.0 Å². The van der Waals surface area contributed by atoms with Crippen molar-refractivity contribution in [3.63, 3.8) is 0 Å². The molecule has 0 bridgehead atoms. The van der Waals surface area contributed by atoms with Crippen LogP contribution in [0.1, 0.15) is 22.8 Å². The summed E-state index contributed by atoms with van der Waals surface area (Å²) in [6, 6.07) is 14.2. The highest BCUT2D eigenvalue weighted by atomic mass is 32.2. The van der Waals surface area contributed by atoms with Crippen molar-refractivity contribution in [3.8, 4) is 0 Å². The Morgan fingerprint density at radius 2 is 1.62 bits per heavy atom. The molecule has 10 heteroatoms. The fraction of sp³-hybridized carbons (Fsp3) is 0.211. The van der Waals surface area contributed by atoms with Crippen molar-refractivity contribution in [1.82, 2.24) is 10.6 Å². The molecule has 154 valence electrons. The van der Waals surface area contributed by atoms with Gasteiger partial charge in [-0.1, -0.05) is 42.5 Å². The minimum atomic E-state index is -3.61. The van der Waals surface area contributed by atoms with Crippen LogP contribution in [0.5, 0.6) is 0 Å². The van der Waals surface area contributed by atoms with Gasteiger partial charge in [-0.05, 0) is 24.6 Å². The molecule has 9 nitrogen and oxygen atoms in total. The number of carbonyl (C=O) groups is 3. The third-order valence-corrected chi connectivity index (χ3v) is 4.22. The van der Waals surface area contributed by atoms with E-state index in [0.29, 0.717) is 0 Å². The maximum Gasteiger partial charge on any atom is 0.341 e. The van der Waals surface area contributed by atoms with Crippen molar-refractivity contribution in [1.29, 1.82) is 0 Å². The number of ether oxygens (including phenoxy) is 1. The van der Waals surface area contributed by atoms with Crippen molar-refractivity contribution in [2.45, 2.75) is 19.6 Å². The van der Waals surface area contributed by atoms with Crippen LogP contribution in [0.15, 0.2) is 54.6 Å². The lowest BCUT2D eigenvalue weighted by atomic mass is 10.2. The summed E-state index contributed by atoms with van der Waals surface area (Å²) in [6.45, 7) is 1.52. The maximum absolute atomic E-state index is 12.3. The van der Waals surface area contributed by atoms with Gasteiger partial charge in [0.15, 0.2) is 6.10 Å². The fourth-order valence-corrected chi connectivity index (χ4v) is 2.84. The normalized spacial score (nSPS) is 11.8. The van der Waals surface area contributed by atoms with Gasteiger partial charge in [-0.3, -0.25) is 14.8 Å². The Morgan fingerprint density at radius 1 is 1.00 bits per heavy atom. The molecule has 0 saturated carbocycles. The first-order valence-electron chi connectivity index (χ1n) is 8.56. The van der Waals surface area contributed by atoms with E-state index in [-0.39, 0.29) is 17.8 Å². The topological polar surface area (TPSA) is 131 Å². The number of sulfonamides is 1. The summed E-state index contributed by atoms with van der Waals surface area (Å²) in [6.07, 6.45) is -0.338. The van der Waals surface area contributed by atoms with Gasteiger partial charge in [-0.2, -0.15) is 0 Å². The molecule has 3 N–H and O–H groups in total. The molecule has 0 heterocycles. The zero-order chi connectivity index (χ0) is 21.4. The van der Waals surface area contributed by atoms with Crippen LogP contribution in [0.3, 0.4) is 0 Å². The van der Waals surface area contributed by atoms with Gasteiger partial charge in [0.25, 0.3) is 5.91 Å². The van der Waals surface area contributed by atoms with Gasteiger partial charge < -0.3 is 10.1 Å². The van der Waals surface area contributed by atoms with Crippen LogP contribution in [0.4, 0.5) is 10.5 Å². The summed E-state index contributed by atoms with van der Waals surface area (Å²) in [4.78, 5) is 36.2. The predicted octanol–water partition coefficient (Wildman–Crippen LogP) is 1.63. The monoisotopic (exact) mass is 419 g/mol. The van der Waals surface area contributed by atoms with E-state index < -0.39 is 34.0 Å². The Morgan fingerprint density at radius 3 is 2.28 bits per heavy atom. The third-order valence-electron chi connectivity index (χ3n) is 3.63. The number of urea groups is 1. The number of para-hydroxylation sites is 1. The zero-order valence-corrected chi connectivity index (χ0v) is 16.7. The van der Waals surface area contributed by atoms with E-state index in [1.807, 2.05) is 30.3 Å². The summed E-state index contributed by atoms with van der Waals surface area (Å²) in [5, 5.41) is 4.60. The van der Waals surface area contributed by atoms with E-state index in [1.165, 1.54) is 31.2 Å². The largest absolute Gasteiger partial charge is 0.449 e. The Bertz CT molecular complexity index is 992. The highest BCUT2D eigenvalue weighted by Gasteiger charge is 2.22. The number of rotatable bonds is 7. The molecule has 1 atom stereocenters. The fourth-order valence-electron chi connectivity index (χ4n) is 2.26. The summed E-state index contributed by atoms with van der Waals surface area (Å²) in [7, 11) is -3.61. The number of amides is 3. The molecule has 0 aliphatic carbocycles. The van der Waals surface area contributed by atoms with Gasteiger partial charge in [0, 0.05) is 6.54 Å². The second kappa shape index (κ2) is 9.69. The molecule has 0 saturated heterocycles. The SMILES string of the molecule is C[C@H](OC(=O)c1ccccc1NS(C)(=O)=O)C(=O)NC(=O)NCc1ccccc1. The molecule has 0 unspecified atom stereocenters. The number of hydrogen-bond donors (Lipinski definition) is 3. The molecular formula is C19H21N3O6S. The van der Waals surface area contributed by atoms with E-state index in [0.717, 1.165) is 11.8 Å². The van der Waals surface area contributed by atoms with Crippen molar-refractivity contribution in [3.05, 3.63) is 65.7 Å². The van der Waals surface area contributed by atoms with E-state index in [4.69, 9.17) is 4.74 Å². The molecule has 3 amide bonds. The molecule has 0 aromatic heterocycles. The molecule has 2 rings (SSSR count). The third kappa shape index (κ3) is 7.26. The summed E-state index contributed by atoms with van der Waals surface area (Å²) >= 11 is 0. The Kier molecular flexibility index (Phi) is 7.32. The van der Waals surface area contributed by atoms with Crippen LogP contribution in [0.2, 0.25) is 0 Å². The summed E-state index contributed by atoms with van der Waals surface area (Å²) in [5.74, 6) is -1.73. The molecule has 0 aliphatic heterocycles. The standard InChI is InChI=1S/C19H21N3O6S/c1-13(17(23)21-19(25)20-12-14-8-4-3-5-9-14)28-18(24)15-10-6-7-11-16(15)22-29(2,26)27/h3-11,13,22H,12H2,1-2H3,(H2,20,21,23,25)/t13-/m0/s1. The van der Waals surface area contributed by atoms with E-state index >= 15 is 0 Å². The van der Waals surface area contributed by atoms with Crippen LogP contribution >= 0.6 is 0 Å². The second-order valence-electron chi connectivity index (χ2n) is 6.12. The minimum absolute atomic E-state index is 0.0215. The van der Waals surface area contributed by atoms with Crippen molar-refractivity contribution in [2.75, 3.05) is 11.0 Å². The first kappa shape index (κ1) is 21.9. The number of nitrogens with one attached hydrogen (secondary N) is 3. The maximum atomic E-state index is 12.3. The molecule has 0 radical (unpaired) electrons. The van der Waals surface area contributed by atoms with E-state index in [2.05, 4.69) is 15.4 Å². The number of benzene rings is 2. The lowest BCUT2D eigenvalue weighted by molar-refractivity contribution is -0.127. The van der Waals surface area contributed by atoms with Crippen LogP contribution in [-0.2, 0) is 26.1 Å². The van der Waals surface area contributed by atoms with Crippen LogP contribution in [-0.4, -0.2) is 38.7 Å². The van der Waals surface area contributed by atoms with Crippen LogP contribution < -0.4 is 15.4 Å². The minimum Gasteiger partial charge on any atom is -0.449 e. The van der Waals surface area contributed by atoms with Gasteiger partial charge in [-0.15, -0.1) is 0 Å². The molecule has 2 aromatic rings. The first-order chi connectivity index (χ1) is 13.7. The molecule has 0 spiro atoms. The molecule has 29 heavy (non-hydrogen) atoms. The number of esters is 1.